The van der Waals surface area contributed by atoms with Crippen molar-refractivity contribution in [1.82, 2.24) is 0 Å². The van der Waals surface area contributed by atoms with Crippen molar-refractivity contribution in [2.24, 2.45) is 5.73 Å². The molecule has 1 amide bonds. The van der Waals surface area contributed by atoms with E-state index in [2.05, 4.69) is 5.32 Å². The number of unbranched alkanes of at least 4 members (excludes halogenated alkanes) is 2. The molecule has 0 unspecified atom stereocenters. The van der Waals surface area contributed by atoms with E-state index >= 15 is 0 Å². The number of aliphatic carboxylic acids is 1. The first-order chi connectivity index (χ1) is 15.9. The number of benzene rings is 3. The Morgan fingerprint density at radius 2 is 1.58 bits per heavy atom. The van der Waals surface area contributed by atoms with Crippen molar-refractivity contribution in [3.63, 3.8) is 0 Å². The smallest absolute Gasteiger partial charge is 0.303 e. The van der Waals surface area contributed by atoms with E-state index in [0.29, 0.717) is 42.0 Å². The fourth-order valence-electron chi connectivity index (χ4n) is 3.30. The number of carboxylic acids is 1. The van der Waals surface area contributed by atoms with Crippen molar-refractivity contribution >= 4 is 23.4 Å². The second-order valence-electron chi connectivity index (χ2n) is 7.57. The number of hydrogen-bond acceptors (Lipinski definition) is 4. The number of nitrogens with two attached hydrogens (primary N) is 1. The molecule has 3 rings (SSSR count). The summed E-state index contributed by atoms with van der Waals surface area (Å²) in [5.74, 6) is -0.495. The summed E-state index contributed by atoms with van der Waals surface area (Å²) in [6, 6.07) is 21.8. The van der Waals surface area contributed by atoms with Gasteiger partial charge in [0.15, 0.2) is 0 Å². The molecule has 0 spiro atoms. The Kier molecular flexibility index (Phi) is 8.18. The molecule has 5 N–H and O–H groups in total. The predicted octanol–water partition coefficient (Wildman–Crippen LogP) is 4.91. The molecule has 0 aliphatic heterocycles. The van der Waals surface area contributed by atoms with Gasteiger partial charge in [0.05, 0.1) is 12.3 Å². The van der Waals surface area contributed by atoms with Gasteiger partial charge in [-0.25, -0.2) is 0 Å². The lowest BCUT2D eigenvalue weighted by Gasteiger charge is -2.15. The third kappa shape index (κ3) is 6.93. The zero-order valence-electron chi connectivity index (χ0n) is 18.2. The van der Waals surface area contributed by atoms with Crippen molar-refractivity contribution in [3.8, 4) is 16.9 Å². The van der Waals surface area contributed by atoms with Crippen LogP contribution in [-0.4, -0.2) is 29.4 Å². The van der Waals surface area contributed by atoms with Gasteiger partial charge in [-0.15, -0.1) is 0 Å². The zero-order chi connectivity index (χ0) is 23.6. The molecule has 7 heteroatoms. The van der Waals surface area contributed by atoms with Gasteiger partial charge in [0.25, 0.3) is 5.91 Å². The minimum atomic E-state index is -0.797. The highest BCUT2D eigenvalue weighted by molar-refractivity contribution is 6.05. The van der Waals surface area contributed by atoms with Crippen LogP contribution >= 0.6 is 0 Å². The number of anilines is 1. The molecule has 170 valence electrons. The molecule has 0 radical (unpaired) electrons. The van der Waals surface area contributed by atoms with E-state index in [1.54, 1.807) is 36.4 Å². The van der Waals surface area contributed by atoms with E-state index in [9.17, 15) is 9.59 Å². The number of hydrogen-bond donors (Lipinski definition) is 4. The Morgan fingerprint density at radius 1 is 0.879 bits per heavy atom. The lowest BCUT2D eigenvalue weighted by atomic mass is 10.0. The van der Waals surface area contributed by atoms with E-state index in [0.717, 1.165) is 17.5 Å². The number of nitrogen functional groups attached to an aromatic ring is 1. The number of carboxylic acid groups (broad SMARTS) is 1. The third-order valence-corrected chi connectivity index (χ3v) is 5.09. The van der Waals surface area contributed by atoms with Gasteiger partial charge in [0, 0.05) is 17.5 Å². The standard InChI is InChI=1S/C26H27N3O4/c27-25(28)19-12-10-18(11-13-19)21-14-15-23(33-16-6-2-5-9-24(30)31)22(17-21)29-26(32)20-7-3-1-4-8-20/h1,3-4,7-8,10-15,17H,2,5-6,9,16H2,(H3,27,28)(H,29,32)(H,30,31). The van der Waals surface area contributed by atoms with Crippen LogP contribution in [0, 0.1) is 5.41 Å². The minimum Gasteiger partial charge on any atom is -0.491 e. The second kappa shape index (κ2) is 11.5. The Labute approximate surface area is 192 Å². The number of ether oxygens (including phenoxy) is 1. The molecule has 7 nitrogen and oxygen atoms in total. The fraction of sp³-hybridized carbons (Fsp3) is 0.192. The first-order valence-corrected chi connectivity index (χ1v) is 10.7. The molecular formula is C26H27N3O4. The summed E-state index contributed by atoms with van der Waals surface area (Å²) in [5, 5.41) is 19.2. The normalized spacial score (nSPS) is 10.4. The molecule has 0 aliphatic rings. The Bertz CT molecular complexity index is 1110. The highest BCUT2D eigenvalue weighted by Crippen LogP contribution is 2.31. The number of nitrogens with one attached hydrogen (secondary N) is 2. The highest BCUT2D eigenvalue weighted by atomic mass is 16.5. The van der Waals surface area contributed by atoms with Gasteiger partial charge < -0.3 is 20.9 Å². The molecule has 0 heterocycles. The first-order valence-electron chi connectivity index (χ1n) is 10.7. The first kappa shape index (κ1) is 23.5. The van der Waals surface area contributed by atoms with Crippen LogP contribution in [0.2, 0.25) is 0 Å². The summed E-state index contributed by atoms with van der Waals surface area (Å²) in [6.07, 6.45) is 2.22. The average Bonchev–Trinajstić information content (AvgIpc) is 2.82. The molecule has 0 bridgehead atoms. The maximum Gasteiger partial charge on any atom is 0.303 e. The summed E-state index contributed by atoms with van der Waals surface area (Å²) in [7, 11) is 0. The summed E-state index contributed by atoms with van der Waals surface area (Å²) in [5.41, 5.74) is 9.05. The van der Waals surface area contributed by atoms with E-state index in [-0.39, 0.29) is 18.2 Å². The highest BCUT2D eigenvalue weighted by Gasteiger charge is 2.12. The number of rotatable bonds is 11. The van der Waals surface area contributed by atoms with Crippen LogP contribution in [0.1, 0.15) is 41.6 Å². The quantitative estimate of drug-likeness (QED) is 0.189. The average molecular weight is 446 g/mol. The van der Waals surface area contributed by atoms with Crippen LogP contribution < -0.4 is 15.8 Å². The van der Waals surface area contributed by atoms with Crippen LogP contribution in [0.3, 0.4) is 0 Å². The monoisotopic (exact) mass is 445 g/mol. The summed E-state index contributed by atoms with van der Waals surface area (Å²) in [6.45, 7) is 0.417. The van der Waals surface area contributed by atoms with Crippen LogP contribution in [0.4, 0.5) is 5.69 Å². The number of amides is 1. The van der Waals surface area contributed by atoms with Gasteiger partial charge in [-0.2, -0.15) is 0 Å². The number of carbonyl (C=O) groups is 2. The van der Waals surface area contributed by atoms with Crippen molar-refractivity contribution in [2.45, 2.75) is 25.7 Å². The predicted molar refractivity (Wildman–Crippen MR) is 129 cm³/mol. The van der Waals surface area contributed by atoms with Gasteiger partial charge >= 0.3 is 5.97 Å². The van der Waals surface area contributed by atoms with E-state index in [1.807, 2.05) is 36.4 Å². The molecule has 0 fully saturated rings. The zero-order valence-corrected chi connectivity index (χ0v) is 18.2. The van der Waals surface area contributed by atoms with Gasteiger partial charge in [-0.1, -0.05) is 48.5 Å². The third-order valence-electron chi connectivity index (χ3n) is 5.09. The minimum absolute atomic E-state index is 0.00414. The van der Waals surface area contributed by atoms with Crippen LogP contribution in [-0.2, 0) is 4.79 Å². The van der Waals surface area contributed by atoms with E-state index in [1.165, 1.54) is 0 Å². The molecule has 0 saturated carbocycles. The topological polar surface area (TPSA) is 126 Å². The van der Waals surface area contributed by atoms with Gasteiger partial charge in [-0.3, -0.25) is 15.0 Å². The Morgan fingerprint density at radius 3 is 2.24 bits per heavy atom. The molecular weight excluding hydrogens is 418 g/mol. The molecule has 0 aliphatic carbocycles. The second-order valence-corrected chi connectivity index (χ2v) is 7.57. The molecule has 33 heavy (non-hydrogen) atoms. The molecule has 3 aromatic rings. The number of amidine groups is 1. The fourth-order valence-corrected chi connectivity index (χ4v) is 3.30. The van der Waals surface area contributed by atoms with E-state index < -0.39 is 5.97 Å². The molecule has 0 atom stereocenters. The van der Waals surface area contributed by atoms with E-state index in [4.69, 9.17) is 21.0 Å². The maximum atomic E-state index is 12.8. The van der Waals surface area contributed by atoms with Crippen LogP contribution in [0.15, 0.2) is 72.8 Å². The van der Waals surface area contributed by atoms with Gasteiger partial charge in [-0.05, 0) is 54.7 Å². The van der Waals surface area contributed by atoms with Crippen LogP contribution in [0.25, 0.3) is 11.1 Å². The lowest BCUT2D eigenvalue weighted by molar-refractivity contribution is -0.137. The van der Waals surface area contributed by atoms with Crippen molar-refractivity contribution in [1.29, 1.82) is 5.41 Å². The SMILES string of the molecule is N=C(N)c1ccc(-c2ccc(OCCCCCC(=O)O)c(NC(=O)c3ccccc3)c2)cc1. The largest absolute Gasteiger partial charge is 0.491 e. The maximum absolute atomic E-state index is 12.8. The van der Waals surface area contributed by atoms with Gasteiger partial charge in [0.2, 0.25) is 0 Å². The summed E-state index contributed by atoms with van der Waals surface area (Å²) in [4.78, 5) is 23.4. The lowest BCUT2D eigenvalue weighted by Crippen LogP contribution is -2.13. The summed E-state index contributed by atoms with van der Waals surface area (Å²) < 4.78 is 5.92. The van der Waals surface area contributed by atoms with Crippen LogP contribution in [0.5, 0.6) is 5.75 Å². The van der Waals surface area contributed by atoms with Crippen molar-refractivity contribution in [2.75, 3.05) is 11.9 Å². The Balaban J connectivity index is 1.78. The summed E-state index contributed by atoms with van der Waals surface area (Å²) >= 11 is 0. The van der Waals surface area contributed by atoms with Crippen molar-refractivity contribution < 1.29 is 19.4 Å². The molecule has 3 aromatic carbocycles. The number of carbonyl (C=O) groups excluding carboxylic acids is 1. The molecule has 0 saturated heterocycles. The Hall–Kier alpha value is -4.13. The van der Waals surface area contributed by atoms with Gasteiger partial charge in [0.1, 0.15) is 11.6 Å². The molecule has 0 aromatic heterocycles. The van der Waals surface area contributed by atoms with Crippen molar-refractivity contribution in [3.05, 3.63) is 83.9 Å².